The number of carbonyl (C=O) groups excluding carboxylic acids is 1. The summed E-state index contributed by atoms with van der Waals surface area (Å²) in [4.78, 5) is 13.2. The maximum absolute atomic E-state index is 11.4. The van der Waals surface area contributed by atoms with Crippen LogP contribution in [0.2, 0.25) is 0 Å². The number of likely N-dealkylation sites (N-methyl/N-ethyl adjacent to an activating group) is 1. The summed E-state index contributed by atoms with van der Waals surface area (Å²) in [6.07, 6.45) is 2.68. The molecule has 0 heterocycles. The van der Waals surface area contributed by atoms with Crippen LogP contribution in [0, 0.1) is 0 Å². The van der Waals surface area contributed by atoms with Gasteiger partial charge < -0.3 is 4.90 Å². The molecule has 0 aromatic heterocycles. The first-order valence-corrected chi connectivity index (χ1v) is 5.59. The second-order valence-electron chi connectivity index (χ2n) is 4.00. The van der Waals surface area contributed by atoms with E-state index in [4.69, 9.17) is 0 Å². The van der Waals surface area contributed by atoms with Crippen LogP contribution in [-0.2, 0) is 4.79 Å². The first-order valence-electron chi connectivity index (χ1n) is 5.59. The molecule has 2 heteroatoms. The van der Waals surface area contributed by atoms with E-state index in [1.807, 2.05) is 39.1 Å². The van der Waals surface area contributed by atoms with E-state index in [9.17, 15) is 4.79 Å². The molecule has 16 heavy (non-hydrogen) atoms. The number of hydrogen-bond donors (Lipinski definition) is 0. The molecule has 1 rings (SSSR count). The van der Waals surface area contributed by atoms with Crippen molar-refractivity contribution in [2.75, 3.05) is 13.6 Å². The van der Waals surface area contributed by atoms with Gasteiger partial charge in [0.1, 0.15) is 0 Å². The van der Waals surface area contributed by atoms with Gasteiger partial charge in [-0.3, -0.25) is 4.79 Å². The van der Waals surface area contributed by atoms with E-state index in [-0.39, 0.29) is 5.91 Å². The summed E-state index contributed by atoms with van der Waals surface area (Å²) in [6, 6.07) is 10.1. The molecule has 86 valence electrons. The highest BCUT2D eigenvalue weighted by Crippen LogP contribution is 2.07. The van der Waals surface area contributed by atoms with E-state index < -0.39 is 0 Å². The Morgan fingerprint density at radius 1 is 1.31 bits per heavy atom. The summed E-state index contributed by atoms with van der Waals surface area (Å²) < 4.78 is 0. The van der Waals surface area contributed by atoms with Crippen LogP contribution in [0.25, 0.3) is 6.08 Å². The van der Waals surface area contributed by atoms with Crippen LogP contribution in [0.4, 0.5) is 0 Å². The quantitative estimate of drug-likeness (QED) is 0.759. The fourth-order valence-electron chi connectivity index (χ4n) is 1.61. The molecule has 1 amide bonds. The van der Waals surface area contributed by atoms with Gasteiger partial charge in [-0.2, -0.15) is 0 Å². The fourth-order valence-corrected chi connectivity index (χ4v) is 1.61. The summed E-state index contributed by atoms with van der Waals surface area (Å²) in [6.45, 7) is 4.63. The van der Waals surface area contributed by atoms with Crippen molar-refractivity contribution in [3.8, 4) is 0 Å². The minimum Gasteiger partial charge on any atom is -0.342 e. The minimum atomic E-state index is 0.181. The molecule has 0 aliphatic heterocycles. The second-order valence-corrected chi connectivity index (χ2v) is 4.00. The van der Waals surface area contributed by atoms with Crippen molar-refractivity contribution in [1.29, 1.82) is 0 Å². The SMILES string of the molecule is CCC(=O)N(C)C/C(C)=C/c1ccccc1. The van der Waals surface area contributed by atoms with Crippen LogP contribution in [0.15, 0.2) is 35.9 Å². The molecule has 0 saturated carbocycles. The molecule has 0 N–H and O–H groups in total. The average Bonchev–Trinajstić information content (AvgIpc) is 2.29. The highest BCUT2D eigenvalue weighted by molar-refractivity contribution is 5.76. The average molecular weight is 217 g/mol. The predicted octanol–water partition coefficient (Wildman–Crippen LogP) is 2.96. The summed E-state index contributed by atoms with van der Waals surface area (Å²) in [5, 5.41) is 0. The Balaban J connectivity index is 2.62. The third kappa shape index (κ3) is 3.89. The molecular weight excluding hydrogens is 198 g/mol. The smallest absolute Gasteiger partial charge is 0.222 e. The van der Waals surface area contributed by atoms with Crippen LogP contribution in [0.3, 0.4) is 0 Å². The first kappa shape index (κ1) is 12.5. The third-order valence-corrected chi connectivity index (χ3v) is 2.43. The van der Waals surface area contributed by atoms with Crippen molar-refractivity contribution < 1.29 is 4.79 Å². The number of hydrogen-bond acceptors (Lipinski definition) is 1. The zero-order valence-corrected chi connectivity index (χ0v) is 10.2. The minimum absolute atomic E-state index is 0.181. The van der Waals surface area contributed by atoms with E-state index in [2.05, 4.69) is 18.2 Å². The van der Waals surface area contributed by atoms with E-state index in [1.54, 1.807) is 4.90 Å². The topological polar surface area (TPSA) is 20.3 Å². The number of rotatable bonds is 4. The summed E-state index contributed by atoms with van der Waals surface area (Å²) >= 11 is 0. The molecule has 0 radical (unpaired) electrons. The van der Waals surface area contributed by atoms with Crippen LogP contribution in [0.1, 0.15) is 25.8 Å². The molecule has 1 aromatic rings. The first-order chi connectivity index (χ1) is 7.63. The van der Waals surface area contributed by atoms with E-state index in [0.717, 1.165) is 0 Å². The van der Waals surface area contributed by atoms with Gasteiger partial charge in [0.05, 0.1) is 0 Å². The Morgan fingerprint density at radius 2 is 1.94 bits per heavy atom. The third-order valence-electron chi connectivity index (χ3n) is 2.43. The van der Waals surface area contributed by atoms with Crippen LogP contribution >= 0.6 is 0 Å². The summed E-state index contributed by atoms with van der Waals surface area (Å²) in [5.41, 5.74) is 2.37. The van der Waals surface area contributed by atoms with Crippen LogP contribution in [-0.4, -0.2) is 24.4 Å². The molecule has 0 saturated heterocycles. The van der Waals surface area contributed by atoms with Crippen molar-refractivity contribution in [3.05, 3.63) is 41.5 Å². The maximum atomic E-state index is 11.4. The number of carbonyl (C=O) groups is 1. The highest BCUT2D eigenvalue weighted by Gasteiger charge is 2.05. The van der Waals surface area contributed by atoms with Crippen molar-refractivity contribution >= 4 is 12.0 Å². The Kier molecular flexibility index (Phi) is 4.77. The number of benzene rings is 1. The van der Waals surface area contributed by atoms with Gasteiger partial charge in [-0.15, -0.1) is 0 Å². The van der Waals surface area contributed by atoms with E-state index in [1.165, 1.54) is 11.1 Å². The molecule has 0 aliphatic carbocycles. The van der Waals surface area contributed by atoms with Crippen LogP contribution in [0.5, 0.6) is 0 Å². The van der Waals surface area contributed by atoms with Crippen LogP contribution < -0.4 is 0 Å². The zero-order chi connectivity index (χ0) is 12.0. The van der Waals surface area contributed by atoms with Gasteiger partial charge in [-0.1, -0.05) is 48.9 Å². The van der Waals surface area contributed by atoms with E-state index in [0.29, 0.717) is 13.0 Å². The van der Waals surface area contributed by atoms with Gasteiger partial charge >= 0.3 is 0 Å². The molecule has 1 aromatic carbocycles. The fraction of sp³-hybridized carbons (Fsp3) is 0.357. The maximum Gasteiger partial charge on any atom is 0.222 e. The number of nitrogens with zero attached hydrogens (tertiary/aromatic N) is 1. The summed E-state index contributed by atoms with van der Waals surface area (Å²) in [7, 11) is 1.84. The Labute approximate surface area is 97.6 Å². The van der Waals surface area contributed by atoms with Gasteiger partial charge in [-0.05, 0) is 12.5 Å². The molecule has 0 aliphatic rings. The monoisotopic (exact) mass is 217 g/mol. The Morgan fingerprint density at radius 3 is 2.50 bits per heavy atom. The van der Waals surface area contributed by atoms with Crippen molar-refractivity contribution in [3.63, 3.8) is 0 Å². The lowest BCUT2D eigenvalue weighted by molar-refractivity contribution is -0.129. The molecule has 2 nitrogen and oxygen atoms in total. The Hall–Kier alpha value is -1.57. The Bertz CT molecular complexity index is 368. The molecule has 0 spiro atoms. The lowest BCUT2D eigenvalue weighted by Gasteiger charge is -2.16. The van der Waals surface area contributed by atoms with Gasteiger partial charge in [-0.25, -0.2) is 0 Å². The largest absolute Gasteiger partial charge is 0.342 e. The lowest BCUT2D eigenvalue weighted by Crippen LogP contribution is -2.27. The lowest BCUT2D eigenvalue weighted by atomic mass is 10.1. The van der Waals surface area contributed by atoms with Gasteiger partial charge in [0.25, 0.3) is 0 Å². The second kappa shape index (κ2) is 6.11. The molecule has 0 unspecified atom stereocenters. The van der Waals surface area contributed by atoms with Crippen molar-refractivity contribution in [2.45, 2.75) is 20.3 Å². The molecule has 0 fully saturated rings. The standard InChI is InChI=1S/C14H19NO/c1-4-14(16)15(3)11-12(2)10-13-8-6-5-7-9-13/h5-10H,4,11H2,1-3H3/b12-10+. The summed E-state index contributed by atoms with van der Waals surface area (Å²) in [5.74, 6) is 0.181. The molecule has 0 atom stereocenters. The normalized spacial score (nSPS) is 11.3. The molecular formula is C14H19NO. The van der Waals surface area contributed by atoms with Gasteiger partial charge in [0.2, 0.25) is 5.91 Å². The van der Waals surface area contributed by atoms with E-state index >= 15 is 0 Å². The predicted molar refractivity (Wildman–Crippen MR) is 68.0 cm³/mol. The zero-order valence-electron chi connectivity index (χ0n) is 10.2. The molecule has 0 bridgehead atoms. The number of amides is 1. The van der Waals surface area contributed by atoms with Crippen molar-refractivity contribution in [1.82, 2.24) is 4.90 Å². The van der Waals surface area contributed by atoms with Crippen molar-refractivity contribution in [2.24, 2.45) is 0 Å². The van der Waals surface area contributed by atoms with Gasteiger partial charge in [0, 0.05) is 20.0 Å². The van der Waals surface area contributed by atoms with Gasteiger partial charge in [0.15, 0.2) is 0 Å². The highest BCUT2D eigenvalue weighted by atomic mass is 16.2.